The van der Waals surface area contributed by atoms with Gasteiger partial charge in [0.15, 0.2) is 11.3 Å². The number of halogens is 1. The Balaban J connectivity index is 1.14. The van der Waals surface area contributed by atoms with Crippen molar-refractivity contribution < 1.29 is 9.59 Å². The molecule has 4 heterocycles. The fourth-order valence-corrected chi connectivity index (χ4v) is 5.58. The number of hydrogen-bond donors (Lipinski definition) is 5. The van der Waals surface area contributed by atoms with Gasteiger partial charge >= 0.3 is 0 Å². The number of carbonyl (C=O) groups is 2. The maximum Gasteiger partial charge on any atom is 0.276 e. The van der Waals surface area contributed by atoms with Crippen LogP contribution in [-0.2, 0) is 4.79 Å². The number of aromatic nitrogens is 4. The molecule has 1 atom stereocenters. The molecule has 0 radical (unpaired) electrons. The van der Waals surface area contributed by atoms with E-state index in [0.29, 0.717) is 34.0 Å². The Morgan fingerprint density at radius 1 is 0.974 bits per heavy atom. The zero-order valence-electron chi connectivity index (χ0n) is 21.8. The molecule has 12 heteroatoms. The number of fused-ring (bicyclic) bond motifs is 1. The summed E-state index contributed by atoms with van der Waals surface area (Å²) in [6.07, 6.45) is 11.0. The number of imidazole rings is 1. The van der Waals surface area contributed by atoms with Gasteiger partial charge in [0.2, 0.25) is 5.91 Å². The number of rotatable bonds is 8. The molecule has 1 aliphatic heterocycles. The van der Waals surface area contributed by atoms with Crippen molar-refractivity contribution in [2.75, 3.05) is 29.0 Å². The lowest BCUT2D eigenvalue weighted by atomic mass is 9.90. The summed E-state index contributed by atoms with van der Waals surface area (Å²) in [4.78, 5) is 34.3. The van der Waals surface area contributed by atoms with Gasteiger partial charge in [-0.15, -0.1) is 5.10 Å². The molecule has 39 heavy (non-hydrogen) atoms. The van der Waals surface area contributed by atoms with Crippen LogP contribution < -0.4 is 26.6 Å². The van der Waals surface area contributed by atoms with E-state index in [1.807, 2.05) is 6.07 Å². The van der Waals surface area contributed by atoms with Gasteiger partial charge in [-0.05, 0) is 70.0 Å². The first-order valence-corrected chi connectivity index (χ1v) is 14.3. The van der Waals surface area contributed by atoms with E-state index in [1.54, 1.807) is 16.6 Å². The van der Waals surface area contributed by atoms with E-state index in [4.69, 9.17) is 16.7 Å². The molecule has 0 spiro atoms. The molecule has 11 nitrogen and oxygen atoms in total. The highest BCUT2D eigenvalue weighted by molar-refractivity contribution is 6.29. The summed E-state index contributed by atoms with van der Waals surface area (Å²) in [6.45, 7) is 1.78. The van der Waals surface area contributed by atoms with Crippen molar-refractivity contribution >= 4 is 46.3 Å². The fraction of sp³-hybridized carbons (Fsp3) is 0.519. The molecule has 0 bridgehead atoms. The average Bonchev–Trinajstić information content (AvgIpc) is 3.65. The SMILES string of the molecule is O=C(Nc1ccnc(Cl)c1)c1cnc2c(NC3CC3)cc(N[C@H]3CC[C@H](NC(=O)C4CCCNC4)CC3)nn12. The minimum atomic E-state index is -0.337. The topological polar surface area (TPSA) is 137 Å². The molecule has 1 unspecified atom stereocenters. The Morgan fingerprint density at radius 2 is 1.74 bits per heavy atom. The molecule has 3 fully saturated rings. The van der Waals surface area contributed by atoms with E-state index < -0.39 is 0 Å². The third-order valence-corrected chi connectivity index (χ3v) is 7.92. The van der Waals surface area contributed by atoms with Crippen molar-refractivity contribution in [3.05, 3.63) is 41.4 Å². The van der Waals surface area contributed by atoms with Crippen LogP contribution in [0, 0.1) is 5.92 Å². The molecule has 5 N–H and O–H groups in total. The minimum Gasteiger partial charge on any atom is -0.379 e. The molecule has 3 aliphatic rings. The zero-order valence-corrected chi connectivity index (χ0v) is 22.5. The molecule has 6 rings (SSSR count). The number of nitrogens with zero attached hydrogens (tertiary/aromatic N) is 4. The Labute approximate surface area is 231 Å². The number of pyridine rings is 1. The second-order valence-electron chi connectivity index (χ2n) is 10.8. The number of piperidine rings is 1. The van der Waals surface area contributed by atoms with Crippen molar-refractivity contribution in [1.29, 1.82) is 0 Å². The Hall–Kier alpha value is -3.44. The van der Waals surface area contributed by atoms with Gasteiger partial charge in [-0.3, -0.25) is 9.59 Å². The predicted octanol–water partition coefficient (Wildman–Crippen LogP) is 3.44. The third-order valence-electron chi connectivity index (χ3n) is 7.71. The second-order valence-corrected chi connectivity index (χ2v) is 11.2. The summed E-state index contributed by atoms with van der Waals surface area (Å²) in [5, 5.41) is 21.6. The Morgan fingerprint density at radius 3 is 2.49 bits per heavy atom. The van der Waals surface area contributed by atoms with Gasteiger partial charge in [-0.1, -0.05) is 11.6 Å². The van der Waals surface area contributed by atoms with Gasteiger partial charge < -0.3 is 26.6 Å². The third kappa shape index (κ3) is 6.25. The van der Waals surface area contributed by atoms with E-state index in [-0.39, 0.29) is 29.8 Å². The van der Waals surface area contributed by atoms with Crippen molar-refractivity contribution in [3.8, 4) is 0 Å². The highest BCUT2D eigenvalue weighted by atomic mass is 35.5. The molecular weight excluding hydrogens is 518 g/mol. The van der Waals surface area contributed by atoms with Crippen molar-refractivity contribution in [3.63, 3.8) is 0 Å². The zero-order chi connectivity index (χ0) is 26.8. The number of anilines is 3. The first-order chi connectivity index (χ1) is 19.0. The van der Waals surface area contributed by atoms with E-state index in [9.17, 15) is 9.59 Å². The van der Waals surface area contributed by atoms with Gasteiger partial charge in [-0.25, -0.2) is 14.5 Å². The minimum absolute atomic E-state index is 0.0834. The Kier molecular flexibility index (Phi) is 7.51. The van der Waals surface area contributed by atoms with Crippen LogP contribution in [0.1, 0.15) is 61.9 Å². The highest BCUT2D eigenvalue weighted by Crippen LogP contribution is 2.30. The summed E-state index contributed by atoms with van der Waals surface area (Å²) < 4.78 is 1.59. The first-order valence-electron chi connectivity index (χ1n) is 13.9. The van der Waals surface area contributed by atoms with E-state index in [2.05, 4.69) is 36.6 Å². The summed E-state index contributed by atoms with van der Waals surface area (Å²) >= 11 is 5.97. The molecule has 2 aliphatic carbocycles. The molecule has 2 amide bonds. The number of nitrogens with one attached hydrogen (secondary N) is 5. The molecular formula is C27H34ClN9O2. The van der Waals surface area contributed by atoms with Gasteiger partial charge in [0, 0.05) is 42.6 Å². The summed E-state index contributed by atoms with van der Waals surface area (Å²) in [5.74, 6) is 0.614. The molecule has 1 saturated heterocycles. The van der Waals surface area contributed by atoms with Gasteiger partial charge in [-0.2, -0.15) is 0 Å². The molecule has 3 aromatic rings. The van der Waals surface area contributed by atoms with Gasteiger partial charge in [0.1, 0.15) is 11.0 Å². The normalized spacial score (nSPS) is 23.3. The summed E-state index contributed by atoms with van der Waals surface area (Å²) in [5.41, 5.74) is 2.32. The monoisotopic (exact) mass is 551 g/mol. The maximum atomic E-state index is 13.1. The number of hydrogen-bond acceptors (Lipinski definition) is 8. The molecule has 3 aromatic heterocycles. The van der Waals surface area contributed by atoms with E-state index >= 15 is 0 Å². The smallest absolute Gasteiger partial charge is 0.276 e. The first kappa shape index (κ1) is 25.8. The predicted molar refractivity (Wildman–Crippen MR) is 150 cm³/mol. The highest BCUT2D eigenvalue weighted by Gasteiger charge is 2.28. The van der Waals surface area contributed by atoms with Crippen LogP contribution in [0.4, 0.5) is 17.2 Å². The standard InChI is InChI=1S/C27H34ClN9O2/c28-23-12-20(9-11-30-23)35-27(39)22-15-31-25-21(32-17-3-4-17)13-24(36-37(22)25)33-18-5-7-19(8-6-18)34-26(38)16-2-1-10-29-14-16/h9,11-13,15-19,29,32H,1-8,10,14H2,(H,33,36)(H,34,38)(H,30,35,39)/t16?,18-,19-. The van der Waals surface area contributed by atoms with Gasteiger partial charge in [0.05, 0.1) is 17.8 Å². The number of carbonyl (C=O) groups excluding carboxylic acids is 2. The molecule has 0 aromatic carbocycles. The van der Waals surface area contributed by atoms with Crippen LogP contribution in [-0.4, -0.2) is 62.6 Å². The molecule has 2 saturated carbocycles. The lowest BCUT2D eigenvalue weighted by molar-refractivity contribution is -0.126. The van der Waals surface area contributed by atoms with Crippen LogP contribution in [0.5, 0.6) is 0 Å². The van der Waals surface area contributed by atoms with Crippen molar-refractivity contribution in [2.45, 2.75) is 69.5 Å². The lowest BCUT2D eigenvalue weighted by Gasteiger charge is -2.31. The number of amides is 2. The molecule has 206 valence electrons. The van der Waals surface area contributed by atoms with Crippen molar-refractivity contribution in [2.24, 2.45) is 5.92 Å². The Bertz CT molecular complexity index is 1340. The van der Waals surface area contributed by atoms with Crippen LogP contribution in [0.2, 0.25) is 5.15 Å². The second kappa shape index (κ2) is 11.4. The fourth-order valence-electron chi connectivity index (χ4n) is 5.41. The van der Waals surface area contributed by atoms with Crippen LogP contribution in [0.15, 0.2) is 30.6 Å². The van der Waals surface area contributed by atoms with E-state index in [1.165, 1.54) is 12.4 Å². The summed E-state index contributed by atoms with van der Waals surface area (Å²) in [7, 11) is 0. The largest absolute Gasteiger partial charge is 0.379 e. The van der Waals surface area contributed by atoms with E-state index in [0.717, 1.165) is 70.1 Å². The summed E-state index contributed by atoms with van der Waals surface area (Å²) in [6, 6.07) is 6.11. The van der Waals surface area contributed by atoms with Crippen LogP contribution in [0.25, 0.3) is 5.65 Å². The average molecular weight is 552 g/mol. The van der Waals surface area contributed by atoms with Crippen molar-refractivity contribution in [1.82, 2.24) is 30.2 Å². The van der Waals surface area contributed by atoms with Crippen LogP contribution in [0.3, 0.4) is 0 Å². The maximum absolute atomic E-state index is 13.1. The quantitative estimate of drug-likeness (QED) is 0.268. The van der Waals surface area contributed by atoms with Gasteiger partial charge in [0.25, 0.3) is 5.91 Å². The van der Waals surface area contributed by atoms with Crippen LogP contribution >= 0.6 is 11.6 Å². The lowest BCUT2D eigenvalue weighted by Crippen LogP contribution is -2.46.